The number of nitrogens with two attached hydrogens (primary N) is 1. The SMILES string of the molecule is CC(C)CN(CC(C)C)c1ncnc(Nc2cc(F)ccc2F)c1N. The fourth-order valence-electron chi connectivity index (χ4n) is 2.59. The molecule has 5 nitrogen and oxygen atoms in total. The summed E-state index contributed by atoms with van der Waals surface area (Å²) in [6.45, 7) is 10.0. The van der Waals surface area contributed by atoms with Crippen molar-refractivity contribution in [1.82, 2.24) is 9.97 Å². The van der Waals surface area contributed by atoms with Gasteiger partial charge in [0.15, 0.2) is 11.6 Å². The van der Waals surface area contributed by atoms with E-state index in [1.165, 1.54) is 6.33 Å². The van der Waals surface area contributed by atoms with Crippen molar-refractivity contribution < 1.29 is 8.78 Å². The van der Waals surface area contributed by atoms with Gasteiger partial charge in [0.05, 0.1) is 5.69 Å². The van der Waals surface area contributed by atoms with Crippen LogP contribution in [0.1, 0.15) is 27.7 Å². The summed E-state index contributed by atoms with van der Waals surface area (Å²) in [4.78, 5) is 10.5. The van der Waals surface area contributed by atoms with Gasteiger partial charge >= 0.3 is 0 Å². The Bertz CT molecular complexity index is 709. The number of halogens is 2. The summed E-state index contributed by atoms with van der Waals surface area (Å²) >= 11 is 0. The van der Waals surface area contributed by atoms with Crippen LogP contribution in [0, 0.1) is 23.5 Å². The Morgan fingerprint density at radius 2 is 1.72 bits per heavy atom. The van der Waals surface area contributed by atoms with Crippen molar-refractivity contribution in [3.8, 4) is 0 Å². The summed E-state index contributed by atoms with van der Waals surface area (Å²) < 4.78 is 27.2. The van der Waals surface area contributed by atoms with Gasteiger partial charge in [0.2, 0.25) is 0 Å². The maximum Gasteiger partial charge on any atom is 0.159 e. The lowest BCUT2D eigenvalue weighted by Crippen LogP contribution is -2.32. The molecule has 136 valence electrons. The van der Waals surface area contributed by atoms with E-state index >= 15 is 0 Å². The topological polar surface area (TPSA) is 67.1 Å². The van der Waals surface area contributed by atoms with Crippen LogP contribution in [0.15, 0.2) is 24.5 Å². The second kappa shape index (κ2) is 8.09. The zero-order valence-electron chi connectivity index (χ0n) is 15.1. The van der Waals surface area contributed by atoms with Crippen molar-refractivity contribution in [2.75, 3.05) is 29.0 Å². The van der Waals surface area contributed by atoms with E-state index in [0.29, 0.717) is 23.3 Å². The number of hydrogen-bond acceptors (Lipinski definition) is 5. The molecule has 0 aliphatic carbocycles. The average Bonchev–Trinajstić information content (AvgIpc) is 2.51. The molecule has 0 atom stereocenters. The van der Waals surface area contributed by atoms with Crippen LogP contribution in [-0.4, -0.2) is 23.1 Å². The monoisotopic (exact) mass is 349 g/mol. The van der Waals surface area contributed by atoms with Gasteiger partial charge in [-0.3, -0.25) is 0 Å². The van der Waals surface area contributed by atoms with Crippen molar-refractivity contribution >= 4 is 23.0 Å². The summed E-state index contributed by atoms with van der Waals surface area (Å²) in [5, 5.41) is 2.77. The van der Waals surface area contributed by atoms with E-state index in [4.69, 9.17) is 5.73 Å². The molecule has 0 saturated carbocycles. The smallest absolute Gasteiger partial charge is 0.159 e. The molecular formula is C18H25F2N5. The third kappa shape index (κ3) is 5.01. The summed E-state index contributed by atoms with van der Waals surface area (Å²) in [6.07, 6.45) is 1.37. The zero-order chi connectivity index (χ0) is 18.6. The Kier molecular flexibility index (Phi) is 6.12. The normalized spacial score (nSPS) is 11.2. The Hall–Kier alpha value is -2.44. The molecule has 0 fully saturated rings. The fraction of sp³-hybridized carbons (Fsp3) is 0.444. The van der Waals surface area contributed by atoms with Gasteiger partial charge < -0.3 is 16.0 Å². The number of rotatable bonds is 7. The molecule has 0 radical (unpaired) electrons. The van der Waals surface area contributed by atoms with Crippen LogP contribution in [0.4, 0.5) is 31.8 Å². The standard InChI is InChI=1S/C18H25F2N5/c1-11(2)8-25(9-12(3)4)18-16(21)17(22-10-23-18)24-15-7-13(19)5-6-14(15)20/h5-7,10-12H,8-9,21H2,1-4H3,(H,22,23,24). The highest BCUT2D eigenvalue weighted by atomic mass is 19.1. The molecule has 0 unspecified atom stereocenters. The molecule has 3 N–H and O–H groups in total. The molecule has 0 spiro atoms. The first-order valence-electron chi connectivity index (χ1n) is 8.35. The maximum atomic E-state index is 13.9. The number of benzene rings is 1. The number of nitrogens with one attached hydrogen (secondary N) is 1. The van der Waals surface area contributed by atoms with Crippen molar-refractivity contribution in [3.63, 3.8) is 0 Å². The lowest BCUT2D eigenvalue weighted by Gasteiger charge is -2.28. The molecule has 2 rings (SSSR count). The quantitative estimate of drug-likeness (QED) is 0.784. The third-order valence-electron chi connectivity index (χ3n) is 3.51. The van der Waals surface area contributed by atoms with Crippen molar-refractivity contribution in [2.24, 2.45) is 11.8 Å². The minimum absolute atomic E-state index is 0.0179. The van der Waals surface area contributed by atoms with Crippen LogP contribution in [-0.2, 0) is 0 Å². The summed E-state index contributed by atoms with van der Waals surface area (Å²) in [6, 6.07) is 3.18. The molecule has 0 aliphatic heterocycles. The first kappa shape index (κ1) is 18.9. The molecule has 1 heterocycles. The molecular weight excluding hydrogens is 324 g/mol. The second-order valence-electron chi connectivity index (χ2n) is 6.90. The van der Waals surface area contributed by atoms with Gasteiger partial charge in [-0.1, -0.05) is 27.7 Å². The van der Waals surface area contributed by atoms with Gasteiger partial charge in [-0.05, 0) is 24.0 Å². The molecule has 25 heavy (non-hydrogen) atoms. The Labute approximate surface area is 147 Å². The summed E-state index contributed by atoms with van der Waals surface area (Å²) in [5.74, 6) is 0.569. The van der Waals surface area contributed by atoms with E-state index in [1.807, 2.05) is 0 Å². The zero-order valence-corrected chi connectivity index (χ0v) is 15.1. The van der Waals surface area contributed by atoms with Gasteiger partial charge in [0.25, 0.3) is 0 Å². The second-order valence-corrected chi connectivity index (χ2v) is 6.90. The van der Waals surface area contributed by atoms with Crippen molar-refractivity contribution in [2.45, 2.75) is 27.7 Å². The molecule has 0 saturated heterocycles. The summed E-state index contributed by atoms with van der Waals surface area (Å²) in [7, 11) is 0. The lowest BCUT2D eigenvalue weighted by atomic mass is 10.1. The van der Waals surface area contributed by atoms with E-state index < -0.39 is 11.6 Å². The van der Waals surface area contributed by atoms with E-state index in [0.717, 1.165) is 31.3 Å². The lowest BCUT2D eigenvalue weighted by molar-refractivity contribution is 0.549. The van der Waals surface area contributed by atoms with Crippen molar-refractivity contribution in [3.05, 3.63) is 36.2 Å². The van der Waals surface area contributed by atoms with Crippen LogP contribution in [0.5, 0.6) is 0 Å². The molecule has 7 heteroatoms. The molecule has 0 bridgehead atoms. The van der Waals surface area contributed by atoms with Gasteiger partial charge in [0, 0.05) is 19.2 Å². The Morgan fingerprint density at radius 1 is 1.08 bits per heavy atom. The first-order chi connectivity index (χ1) is 11.8. The van der Waals surface area contributed by atoms with Gasteiger partial charge in [-0.15, -0.1) is 0 Å². The highest BCUT2D eigenvalue weighted by molar-refractivity contribution is 5.78. The van der Waals surface area contributed by atoms with E-state index in [1.54, 1.807) is 0 Å². The van der Waals surface area contributed by atoms with Gasteiger partial charge in [0.1, 0.15) is 23.6 Å². The van der Waals surface area contributed by atoms with Crippen LogP contribution >= 0.6 is 0 Å². The summed E-state index contributed by atoms with van der Waals surface area (Å²) in [5.41, 5.74) is 6.52. The third-order valence-corrected chi connectivity index (χ3v) is 3.51. The number of nitrogen functional groups attached to an aromatic ring is 1. The average molecular weight is 349 g/mol. The number of nitrogens with zero attached hydrogens (tertiary/aromatic N) is 3. The highest BCUT2D eigenvalue weighted by Crippen LogP contribution is 2.30. The van der Waals surface area contributed by atoms with Crippen LogP contribution in [0.25, 0.3) is 0 Å². The fourth-order valence-corrected chi connectivity index (χ4v) is 2.59. The van der Waals surface area contributed by atoms with E-state index in [-0.39, 0.29) is 11.5 Å². The number of aromatic nitrogens is 2. The molecule has 1 aromatic heterocycles. The van der Waals surface area contributed by atoms with Crippen LogP contribution in [0.3, 0.4) is 0 Å². The highest BCUT2D eigenvalue weighted by Gasteiger charge is 2.18. The Balaban J connectivity index is 2.35. The number of hydrogen-bond donors (Lipinski definition) is 2. The van der Waals surface area contributed by atoms with E-state index in [2.05, 4.69) is 47.9 Å². The van der Waals surface area contributed by atoms with Crippen molar-refractivity contribution in [1.29, 1.82) is 0 Å². The Morgan fingerprint density at radius 3 is 2.32 bits per heavy atom. The molecule has 0 aliphatic rings. The largest absolute Gasteiger partial charge is 0.393 e. The van der Waals surface area contributed by atoms with Crippen LogP contribution < -0.4 is 16.0 Å². The van der Waals surface area contributed by atoms with Crippen LogP contribution in [0.2, 0.25) is 0 Å². The van der Waals surface area contributed by atoms with Gasteiger partial charge in [-0.25, -0.2) is 18.7 Å². The van der Waals surface area contributed by atoms with E-state index in [9.17, 15) is 8.78 Å². The minimum atomic E-state index is -0.581. The number of anilines is 4. The predicted molar refractivity (Wildman–Crippen MR) is 98.0 cm³/mol. The van der Waals surface area contributed by atoms with Gasteiger partial charge in [-0.2, -0.15) is 0 Å². The predicted octanol–water partition coefficient (Wildman–Crippen LogP) is 4.20. The maximum absolute atomic E-state index is 13.9. The molecule has 1 aromatic carbocycles. The minimum Gasteiger partial charge on any atom is -0.393 e. The first-order valence-corrected chi connectivity index (χ1v) is 8.35. The molecule has 2 aromatic rings. The molecule has 0 amide bonds.